The van der Waals surface area contributed by atoms with Crippen molar-refractivity contribution in [3.05, 3.63) is 45.8 Å². The molecule has 1 rings (SSSR count). The van der Waals surface area contributed by atoms with Crippen molar-refractivity contribution in [3.63, 3.8) is 0 Å². The Labute approximate surface area is 108 Å². The van der Waals surface area contributed by atoms with E-state index in [4.69, 9.17) is 10.3 Å². The number of nitrogens with zero attached hydrogens (tertiary/aromatic N) is 3. The molecule has 5 nitrogen and oxygen atoms in total. The molecule has 19 heavy (non-hydrogen) atoms. The Bertz CT molecular complexity index is 502. The smallest absolute Gasteiger partial charge is 0.305 e. The molecular formula is C12H13F2N3O2. The zero-order valence-electron chi connectivity index (χ0n) is 10.3. The first-order valence-electron chi connectivity index (χ1n) is 5.73. The van der Waals surface area contributed by atoms with Gasteiger partial charge >= 0.3 is 5.97 Å². The Kier molecular flexibility index (Phi) is 5.75. The summed E-state index contributed by atoms with van der Waals surface area (Å²) in [4.78, 5) is 13.8. The van der Waals surface area contributed by atoms with Crippen LogP contribution in [0.25, 0.3) is 10.4 Å². The lowest BCUT2D eigenvalue weighted by molar-refractivity contribution is -0.143. The van der Waals surface area contributed by atoms with E-state index in [9.17, 15) is 13.6 Å². The first kappa shape index (κ1) is 14.9. The van der Waals surface area contributed by atoms with E-state index in [1.807, 2.05) is 0 Å². The third-order valence-corrected chi connectivity index (χ3v) is 2.44. The summed E-state index contributed by atoms with van der Waals surface area (Å²) in [5.41, 5.74) is 8.52. The van der Waals surface area contributed by atoms with Crippen LogP contribution >= 0.6 is 0 Å². The van der Waals surface area contributed by atoms with Gasteiger partial charge < -0.3 is 4.74 Å². The third-order valence-electron chi connectivity index (χ3n) is 2.44. The molecule has 0 aliphatic rings. The molecule has 0 bridgehead atoms. The van der Waals surface area contributed by atoms with Crippen LogP contribution < -0.4 is 0 Å². The molecule has 0 saturated heterocycles. The number of carbonyl (C=O) groups excluding carboxylic acids is 1. The van der Waals surface area contributed by atoms with E-state index < -0.39 is 23.6 Å². The number of hydrogen-bond donors (Lipinski definition) is 0. The van der Waals surface area contributed by atoms with Gasteiger partial charge in [-0.2, -0.15) is 0 Å². The molecule has 0 fully saturated rings. The van der Waals surface area contributed by atoms with Crippen LogP contribution in [0, 0.1) is 11.6 Å². The molecule has 1 unspecified atom stereocenters. The van der Waals surface area contributed by atoms with Gasteiger partial charge in [0.15, 0.2) is 0 Å². The predicted molar refractivity (Wildman–Crippen MR) is 64.1 cm³/mol. The summed E-state index contributed by atoms with van der Waals surface area (Å²) in [5.74, 6) is -1.98. The van der Waals surface area contributed by atoms with E-state index in [-0.39, 0.29) is 25.0 Å². The molecule has 1 aromatic carbocycles. The summed E-state index contributed by atoms with van der Waals surface area (Å²) in [7, 11) is 0. The molecule has 0 N–H and O–H groups in total. The van der Waals surface area contributed by atoms with E-state index in [1.165, 1.54) is 6.07 Å². The van der Waals surface area contributed by atoms with Crippen molar-refractivity contribution < 1.29 is 18.3 Å². The van der Waals surface area contributed by atoms with Gasteiger partial charge in [0.05, 0.1) is 12.6 Å². The van der Waals surface area contributed by atoms with Crippen LogP contribution in [0.3, 0.4) is 0 Å². The van der Waals surface area contributed by atoms with Gasteiger partial charge in [0, 0.05) is 17.4 Å². The average molecular weight is 269 g/mol. The summed E-state index contributed by atoms with van der Waals surface area (Å²) in [6, 6.07) is 2.12. The van der Waals surface area contributed by atoms with Gasteiger partial charge in [0.2, 0.25) is 0 Å². The molecule has 0 amide bonds. The van der Waals surface area contributed by atoms with E-state index in [1.54, 1.807) is 6.92 Å². The molecule has 0 aromatic heterocycles. The van der Waals surface area contributed by atoms with Gasteiger partial charge in [0.25, 0.3) is 0 Å². The third kappa shape index (κ3) is 4.56. The number of rotatable bonds is 6. The molecule has 0 aliphatic heterocycles. The maximum Gasteiger partial charge on any atom is 0.305 e. The highest BCUT2D eigenvalue weighted by atomic mass is 19.1. The van der Waals surface area contributed by atoms with Crippen LogP contribution in [0.1, 0.15) is 31.4 Å². The molecule has 0 spiro atoms. The molecule has 1 atom stereocenters. The van der Waals surface area contributed by atoms with Crippen molar-refractivity contribution >= 4 is 5.97 Å². The monoisotopic (exact) mass is 269 g/mol. The number of hydrogen-bond acceptors (Lipinski definition) is 3. The number of azide groups is 1. The molecule has 7 heteroatoms. The zero-order chi connectivity index (χ0) is 14.3. The van der Waals surface area contributed by atoms with Crippen molar-refractivity contribution in [2.45, 2.75) is 25.8 Å². The second-order valence-electron chi connectivity index (χ2n) is 3.73. The molecule has 0 saturated carbocycles. The van der Waals surface area contributed by atoms with Crippen molar-refractivity contribution in [3.8, 4) is 0 Å². The van der Waals surface area contributed by atoms with Crippen LogP contribution in [0.5, 0.6) is 0 Å². The van der Waals surface area contributed by atoms with Crippen LogP contribution in [-0.4, -0.2) is 12.6 Å². The SMILES string of the molecule is CCOC(=O)CCC(N=[N+]=[N-])c1ccc(F)cc1F. The number of halogens is 2. The zero-order valence-corrected chi connectivity index (χ0v) is 10.3. The van der Waals surface area contributed by atoms with Gasteiger partial charge in [-0.25, -0.2) is 8.78 Å². The topological polar surface area (TPSA) is 75.1 Å². The lowest BCUT2D eigenvalue weighted by Gasteiger charge is -2.12. The van der Waals surface area contributed by atoms with E-state index >= 15 is 0 Å². The quantitative estimate of drug-likeness (QED) is 0.342. The highest BCUT2D eigenvalue weighted by molar-refractivity contribution is 5.69. The van der Waals surface area contributed by atoms with Crippen LogP contribution in [0.15, 0.2) is 23.3 Å². The Balaban J connectivity index is 2.82. The van der Waals surface area contributed by atoms with Gasteiger partial charge in [-0.15, -0.1) is 0 Å². The lowest BCUT2D eigenvalue weighted by atomic mass is 10.0. The van der Waals surface area contributed by atoms with E-state index in [0.29, 0.717) is 6.07 Å². The van der Waals surface area contributed by atoms with Crippen molar-refractivity contribution in [1.29, 1.82) is 0 Å². The van der Waals surface area contributed by atoms with Crippen molar-refractivity contribution in [2.75, 3.05) is 6.61 Å². The molecule has 0 aliphatic carbocycles. The summed E-state index contributed by atoms with van der Waals surface area (Å²) in [6.45, 7) is 1.92. The fourth-order valence-corrected chi connectivity index (χ4v) is 1.60. The van der Waals surface area contributed by atoms with Crippen LogP contribution in [-0.2, 0) is 9.53 Å². The minimum Gasteiger partial charge on any atom is -0.466 e. The van der Waals surface area contributed by atoms with Gasteiger partial charge in [-0.3, -0.25) is 4.79 Å². The summed E-state index contributed by atoms with van der Waals surface area (Å²) < 4.78 is 31.1. The highest BCUT2D eigenvalue weighted by Crippen LogP contribution is 2.26. The van der Waals surface area contributed by atoms with Crippen molar-refractivity contribution in [1.82, 2.24) is 0 Å². The standard InChI is InChI=1S/C12H13F2N3O2/c1-2-19-12(18)6-5-11(16-17-15)9-4-3-8(13)7-10(9)14/h3-4,7,11H,2,5-6H2,1H3. The minimum absolute atomic E-state index is 0.00561. The summed E-state index contributed by atoms with van der Waals surface area (Å²) in [5, 5.41) is 3.43. The second-order valence-corrected chi connectivity index (χ2v) is 3.73. The van der Waals surface area contributed by atoms with Crippen molar-refractivity contribution in [2.24, 2.45) is 5.11 Å². The number of ether oxygens (including phenoxy) is 1. The van der Waals surface area contributed by atoms with Gasteiger partial charge in [-0.05, 0) is 30.5 Å². The molecule has 0 heterocycles. The lowest BCUT2D eigenvalue weighted by Crippen LogP contribution is -2.07. The van der Waals surface area contributed by atoms with Crippen LogP contribution in [0.4, 0.5) is 8.78 Å². The largest absolute Gasteiger partial charge is 0.466 e. The maximum atomic E-state index is 13.6. The summed E-state index contributed by atoms with van der Waals surface area (Å²) >= 11 is 0. The Morgan fingerprint density at radius 3 is 2.84 bits per heavy atom. The van der Waals surface area contributed by atoms with E-state index in [0.717, 1.165) is 6.07 Å². The first-order valence-corrected chi connectivity index (χ1v) is 5.73. The Hall–Kier alpha value is -2.14. The molecule has 0 radical (unpaired) electrons. The molecule has 102 valence electrons. The fourth-order valence-electron chi connectivity index (χ4n) is 1.60. The normalized spacial score (nSPS) is 11.5. The van der Waals surface area contributed by atoms with Crippen LogP contribution in [0.2, 0.25) is 0 Å². The highest BCUT2D eigenvalue weighted by Gasteiger charge is 2.17. The summed E-state index contributed by atoms with van der Waals surface area (Å²) in [6.07, 6.45) is 0.0970. The maximum absolute atomic E-state index is 13.6. The minimum atomic E-state index is -0.866. The first-order chi connectivity index (χ1) is 9.08. The second kappa shape index (κ2) is 7.33. The van der Waals surface area contributed by atoms with E-state index in [2.05, 4.69) is 10.0 Å². The van der Waals surface area contributed by atoms with Gasteiger partial charge in [-0.1, -0.05) is 11.2 Å². The number of carbonyl (C=O) groups is 1. The average Bonchev–Trinajstić information content (AvgIpc) is 2.35. The predicted octanol–water partition coefficient (Wildman–Crippen LogP) is 3.66. The molecular weight excluding hydrogens is 256 g/mol. The number of esters is 1. The Morgan fingerprint density at radius 1 is 1.53 bits per heavy atom. The molecule has 1 aromatic rings. The number of benzene rings is 1. The fraction of sp³-hybridized carbons (Fsp3) is 0.417. The Morgan fingerprint density at radius 2 is 2.26 bits per heavy atom. The van der Waals surface area contributed by atoms with Gasteiger partial charge in [0.1, 0.15) is 11.6 Å².